The van der Waals surface area contributed by atoms with Gasteiger partial charge in [0.25, 0.3) is 17.7 Å². The third-order valence-corrected chi connectivity index (χ3v) is 10.1. The Balaban J connectivity index is 1.34. The molecular weight excluding hydrogens is 808 g/mol. The minimum absolute atomic E-state index is 0.110. The van der Waals surface area contributed by atoms with E-state index in [-0.39, 0.29) is 5.56 Å². The third kappa shape index (κ3) is 10.1. The Morgan fingerprint density at radius 3 is 1.68 bits per heavy atom. The first kappa shape index (κ1) is 44.2. The Labute approximate surface area is 337 Å². The van der Waals surface area contributed by atoms with Gasteiger partial charge in [0, 0.05) is 16.7 Å². The number of halogens is 6. The van der Waals surface area contributed by atoms with Crippen LogP contribution in [-0.2, 0) is 26.6 Å². The van der Waals surface area contributed by atoms with Crippen LogP contribution in [0.2, 0.25) is 0 Å². The summed E-state index contributed by atoms with van der Waals surface area (Å²) in [6, 6.07) is 17.6. The summed E-state index contributed by atoms with van der Waals surface area (Å²) in [6.45, 7) is -2.19. The summed E-state index contributed by atoms with van der Waals surface area (Å²) in [4.78, 5) is 40.8. The fourth-order valence-corrected chi connectivity index (χ4v) is 6.88. The van der Waals surface area contributed by atoms with Crippen LogP contribution < -0.4 is 16.0 Å². The maximum Gasteiger partial charge on any atom is 0.416 e. The molecule has 0 aromatic heterocycles. The van der Waals surface area contributed by atoms with Crippen molar-refractivity contribution < 1.29 is 75.4 Å². The highest BCUT2D eigenvalue weighted by Gasteiger charge is 2.50. The molecule has 0 bridgehead atoms. The first-order chi connectivity index (χ1) is 28.5. The van der Waals surface area contributed by atoms with Gasteiger partial charge in [-0.3, -0.25) is 14.4 Å². The van der Waals surface area contributed by atoms with E-state index >= 15 is 0 Å². The third-order valence-electron chi connectivity index (χ3n) is 10.1. The summed E-state index contributed by atoms with van der Waals surface area (Å²) in [5, 5.41) is 49.9. The number of nitrogens with one attached hydrogen (secondary N) is 3. The van der Waals surface area contributed by atoms with Crippen LogP contribution in [0.3, 0.4) is 0 Å². The molecule has 2 aliphatic heterocycles. The lowest BCUT2D eigenvalue weighted by Crippen LogP contribution is -2.70. The molecule has 4 aromatic carbocycles. The number of aliphatic hydroxyl groups is 4. The normalized spacial score (nSPS) is 25.9. The second kappa shape index (κ2) is 18.5. The second-order valence-electron chi connectivity index (χ2n) is 14.0. The van der Waals surface area contributed by atoms with Gasteiger partial charge in [-0.15, -0.1) is 0 Å². The number of hydrogen-bond donors (Lipinski definition) is 7. The van der Waals surface area contributed by atoms with E-state index in [1.54, 1.807) is 12.1 Å². The van der Waals surface area contributed by atoms with E-state index in [0.29, 0.717) is 12.1 Å². The summed E-state index contributed by atoms with van der Waals surface area (Å²) in [7, 11) is 0. The van der Waals surface area contributed by atoms with Gasteiger partial charge in [0.2, 0.25) is 0 Å². The number of rotatable bonds is 11. The van der Waals surface area contributed by atoms with Crippen molar-refractivity contribution in [2.24, 2.45) is 0 Å². The zero-order valence-electron chi connectivity index (χ0n) is 31.1. The Hall–Kier alpha value is -5.41. The van der Waals surface area contributed by atoms with E-state index in [4.69, 9.17) is 14.2 Å². The predicted molar refractivity (Wildman–Crippen MR) is 198 cm³/mol. The lowest BCUT2D eigenvalue weighted by molar-refractivity contribution is -0.293. The Bertz CT molecular complexity index is 2120. The molecule has 0 saturated carbocycles. The van der Waals surface area contributed by atoms with E-state index in [0.717, 1.165) is 47.5 Å². The van der Waals surface area contributed by atoms with Crippen molar-refractivity contribution in [2.45, 2.75) is 67.3 Å². The molecule has 0 spiro atoms. The number of hydrogen-bond acceptors (Lipinski definition) is 10. The number of carbonyl (C=O) groups is 3. The molecule has 19 heteroatoms. The molecule has 0 aliphatic carbocycles. The van der Waals surface area contributed by atoms with Gasteiger partial charge in [0.1, 0.15) is 36.6 Å². The van der Waals surface area contributed by atoms with Gasteiger partial charge in [-0.2, -0.15) is 26.3 Å². The van der Waals surface area contributed by atoms with E-state index in [1.165, 1.54) is 12.1 Å². The topological polar surface area (TPSA) is 196 Å². The smallest absolute Gasteiger partial charge is 0.394 e. The van der Waals surface area contributed by atoms with Crippen molar-refractivity contribution in [3.63, 3.8) is 0 Å². The fraction of sp³-hybridized carbons (Fsp3) is 0.341. The molecule has 2 aliphatic rings. The van der Waals surface area contributed by atoms with Crippen molar-refractivity contribution in [3.05, 3.63) is 131 Å². The Morgan fingerprint density at radius 2 is 1.13 bits per heavy atom. The molecule has 320 valence electrons. The van der Waals surface area contributed by atoms with Gasteiger partial charge in [-0.05, 0) is 59.7 Å². The highest BCUT2D eigenvalue weighted by atomic mass is 19.4. The molecule has 4 aromatic rings. The largest absolute Gasteiger partial charge is 0.416 e. The molecule has 2 heterocycles. The highest BCUT2D eigenvalue weighted by molar-refractivity contribution is 5.96. The molecule has 3 amide bonds. The Kier molecular flexibility index (Phi) is 13.6. The number of benzene rings is 4. The van der Waals surface area contributed by atoms with Crippen LogP contribution in [0.25, 0.3) is 11.1 Å². The van der Waals surface area contributed by atoms with Crippen LogP contribution in [0.15, 0.2) is 103 Å². The second-order valence-corrected chi connectivity index (χ2v) is 14.0. The van der Waals surface area contributed by atoms with Gasteiger partial charge >= 0.3 is 12.4 Å². The van der Waals surface area contributed by atoms with Crippen LogP contribution in [0.5, 0.6) is 0 Å². The standard InChI is InChI=1S/C41H39F6N3O10/c42-40(43,44)26-10-4-8-24(16-26)37(56)48-28-20-58-29(18-51)31(49-36(55)23-14-12-22(13-15-23)21-6-2-1-3-7-21)35(28)60-39-32(34(54)33(53)30(19-52)59-39)50-38(57)25-9-5-11-27(17-25)41(45,46)47/h1-17,28-35,39,51-54H,18-20H2,(H,48,56)(H,49,55)(H,50,57)/t28-,29+,30+,31-,32+,33+,34+,35+,39-/m0/s1. The van der Waals surface area contributed by atoms with E-state index in [2.05, 4.69) is 16.0 Å². The van der Waals surface area contributed by atoms with Crippen molar-refractivity contribution in [2.75, 3.05) is 19.8 Å². The minimum Gasteiger partial charge on any atom is -0.394 e. The Morgan fingerprint density at radius 1 is 0.617 bits per heavy atom. The van der Waals surface area contributed by atoms with Crippen molar-refractivity contribution >= 4 is 17.7 Å². The quantitative estimate of drug-likeness (QED) is 0.110. The maximum atomic E-state index is 13.8. The molecule has 2 fully saturated rings. The summed E-state index contributed by atoms with van der Waals surface area (Å²) >= 11 is 0. The van der Waals surface area contributed by atoms with Gasteiger partial charge in [-0.25, -0.2) is 0 Å². The number of ether oxygens (including phenoxy) is 3. The molecule has 0 radical (unpaired) electrons. The zero-order chi connectivity index (χ0) is 43.4. The number of alkyl halides is 6. The summed E-state index contributed by atoms with van der Waals surface area (Å²) in [5.74, 6) is -2.99. The van der Waals surface area contributed by atoms with Crippen LogP contribution in [0.1, 0.15) is 42.2 Å². The molecule has 6 rings (SSSR count). The van der Waals surface area contributed by atoms with E-state index in [1.807, 2.05) is 30.3 Å². The SMILES string of the molecule is O=C(N[C@@H]1[C@H](O[C@@H]2O[C@H](CO)[C@@H](O)[C@H](O)[C@H]2NC(=O)c2cccc(C(F)(F)F)c2)[C@@H](NC(=O)c2cccc(C(F)(F)F)c2)CO[C@@H]1CO)c1ccc(-c2ccccc2)cc1. The molecule has 2 saturated heterocycles. The molecule has 60 heavy (non-hydrogen) atoms. The van der Waals surface area contributed by atoms with Gasteiger partial charge in [0.05, 0.1) is 43.0 Å². The molecule has 7 N–H and O–H groups in total. The van der Waals surface area contributed by atoms with Crippen LogP contribution in [-0.4, -0.2) is 113 Å². The number of amides is 3. The predicted octanol–water partition coefficient (Wildman–Crippen LogP) is 3.30. The monoisotopic (exact) mass is 847 g/mol. The van der Waals surface area contributed by atoms with Crippen molar-refractivity contribution in [3.8, 4) is 11.1 Å². The fourth-order valence-electron chi connectivity index (χ4n) is 6.88. The summed E-state index contributed by atoms with van der Waals surface area (Å²) < 4.78 is 99.0. The lowest BCUT2D eigenvalue weighted by Gasteiger charge is -2.47. The molecule has 9 atom stereocenters. The molecular formula is C41H39F6N3O10. The summed E-state index contributed by atoms with van der Waals surface area (Å²) in [5.41, 5.74) is -1.53. The van der Waals surface area contributed by atoms with Crippen LogP contribution in [0.4, 0.5) is 26.3 Å². The van der Waals surface area contributed by atoms with Crippen molar-refractivity contribution in [1.82, 2.24) is 16.0 Å². The van der Waals surface area contributed by atoms with Gasteiger partial charge < -0.3 is 50.6 Å². The van der Waals surface area contributed by atoms with Gasteiger partial charge in [0.15, 0.2) is 6.29 Å². The van der Waals surface area contributed by atoms with Crippen LogP contribution in [0, 0.1) is 0 Å². The van der Waals surface area contributed by atoms with Gasteiger partial charge in [-0.1, -0.05) is 54.6 Å². The molecule has 0 unspecified atom stereocenters. The summed E-state index contributed by atoms with van der Waals surface area (Å²) in [6.07, 6.45) is -20.0. The first-order valence-electron chi connectivity index (χ1n) is 18.4. The first-order valence-corrected chi connectivity index (χ1v) is 18.4. The zero-order valence-corrected chi connectivity index (χ0v) is 31.1. The number of aliphatic hydroxyl groups excluding tert-OH is 4. The van der Waals surface area contributed by atoms with Crippen molar-refractivity contribution in [1.29, 1.82) is 0 Å². The van der Waals surface area contributed by atoms with E-state index < -0.39 is 127 Å². The maximum absolute atomic E-state index is 13.8. The van der Waals surface area contributed by atoms with Crippen LogP contribution >= 0.6 is 0 Å². The lowest BCUT2D eigenvalue weighted by atomic mass is 9.93. The number of carbonyl (C=O) groups excluding carboxylic acids is 3. The average molecular weight is 848 g/mol. The highest BCUT2D eigenvalue weighted by Crippen LogP contribution is 2.32. The average Bonchev–Trinajstić information content (AvgIpc) is 3.24. The minimum atomic E-state index is -4.83. The molecule has 13 nitrogen and oxygen atoms in total. The van der Waals surface area contributed by atoms with E-state index in [9.17, 15) is 61.2 Å².